The number of carbonyl (C=O) groups is 2. The molecule has 104 valence electrons. The largest absolute Gasteiger partial charge is 0.355 e. The predicted octanol–water partition coefficient (Wildman–Crippen LogP) is 2.21. The van der Waals surface area contributed by atoms with Gasteiger partial charge in [-0.25, -0.2) is 4.79 Å². The number of urea groups is 1. The Balaban J connectivity index is 2.58. The standard InChI is InChI=1S/C14H21N3O2/c1-9(2)10(3)16-14(19)17-12-7-5-11(6-8-12)13(18)15-4/h5-10H,1-4H3,(H,15,18)(H2,16,17,19). The van der Waals surface area contributed by atoms with E-state index in [1.54, 1.807) is 31.3 Å². The average molecular weight is 263 g/mol. The highest BCUT2D eigenvalue weighted by molar-refractivity contribution is 5.95. The van der Waals surface area contributed by atoms with Crippen LogP contribution in [0.4, 0.5) is 10.5 Å². The third-order valence-corrected chi connectivity index (χ3v) is 2.99. The molecule has 1 rings (SSSR count). The van der Waals surface area contributed by atoms with Crippen molar-refractivity contribution in [2.24, 2.45) is 5.92 Å². The molecule has 5 heteroatoms. The summed E-state index contributed by atoms with van der Waals surface area (Å²) in [7, 11) is 1.58. The van der Waals surface area contributed by atoms with Crippen LogP contribution in [0.3, 0.4) is 0 Å². The highest BCUT2D eigenvalue weighted by Crippen LogP contribution is 2.09. The Hall–Kier alpha value is -2.04. The molecule has 0 aliphatic rings. The molecule has 0 aliphatic carbocycles. The van der Waals surface area contributed by atoms with Gasteiger partial charge in [-0.3, -0.25) is 4.79 Å². The molecule has 0 saturated carbocycles. The number of amides is 3. The Bertz CT molecular complexity index is 441. The molecule has 3 N–H and O–H groups in total. The van der Waals surface area contributed by atoms with E-state index in [2.05, 4.69) is 16.0 Å². The lowest BCUT2D eigenvalue weighted by Gasteiger charge is -2.17. The maximum atomic E-state index is 11.7. The number of hydrogen-bond acceptors (Lipinski definition) is 2. The summed E-state index contributed by atoms with van der Waals surface area (Å²) >= 11 is 0. The molecule has 3 amide bonds. The fourth-order valence-electron chi connectivity index (χ4n) is 1.39. The minimum absolute atomic E-state index is 0.102. The Labute approximate surface area is 113 Å². The van der Waals surface area contributed by atoms with Gasteiger partial charge in [0.15, 0.2) is 0 Å². The van der Waals surface area contributed by atoms with Crippen molar-refractivity contribution in [1.82, 2.24) is 10.6 Å². The van der Waals surface area contributed by atoms with Crippen LogP contribution in [0.2, 0.25) is 0 Å². The molecular formula is C14H21N3O2. The van der Waals surface area contributed by atoms with E-state index in [9.17, 15) is 9.59 Å². The highest BCUT2D eigenvalue weighted by Gasteiger charge is 2.10. The third kappa shape index (κ3) is 4.62. The molecule has 0 heterocycles. The summed E-state index contributed by atoms with van der Waals surface area (Å²) in [5, 5.41) is 8.12. The first kappa shape index (κ1) is 15.0. The van der Waals surface area contributed by atoms with Gasteiger partial charge in [-0.05, 0) is 37.1 Å². The number of rotatable bonds is 4. The number of hydrogen-bond donors (Lipinski definition) is 3. The van der Waals surface area contributed by atoms with Gasteiger partial charge in [0.2, 0.25) is 0 Å². The van der Waals surface area contributed by atoms with Crippen LogP contribution in [0.5, 0.6) is 0 Å². The first-order valence-electron chi connectivity index (χ1n) is 6.33. The van der Waals surface area contributed by atoms with Gasteiger partial charge in [-0.1, -0.05) is 13.8 Å². The molecule has 1 unspecified atom stereocenters. The van der Waals surface area contributed by atoms with Crippen LogP contribution in [0.15, 0.2) is 24.3 Å². The van der Waals surface area contributed by atoms with Gasteiger partial charge in [-0.15, -0.1) is 0 Å². The zero-order valence-electron chi connectivity index (χ0n) is 11.8. The summed E-state index contributed by atoms with van der Waals surface area (Å²) in [6.45, 7) is 6.05. The van der Waals surface area contributed by atoms with Crippen molar-refractivity contribution in [3.63, 3.8) is 0 Å². The van der Waals surface area contributed by atoms with Crippen molar-refractivity contribution < 1.29 is 9.59 Å². The van der Waals surface area contributed by atoms with Crippen LogP contribution in [-0.2, 0) is 0 Å². The van der Waals surface area contributed by atoms with Gasteiger partial charge in [-0.2, -0.15) is 0 Å². The topological polar surface area (TPSA) is 70.2 Å². The van der Waals surface area contributed by atoms with Gasteiger partial charge in [0.25, 0.3) is 5.91 Å². The van der Waals surface area contributed by atoms with E-state index in [0.717, 1.165) is 0 Å². The molecular weight excluding hydrogens is 242 g/mol. The normalized spacial score (nSPS) is 11.8. The predicted molar refractivity (Wildman–Crippen MR) is 76.3 cm³/mol. The minimum Gasteiger partial charge on any atom is -0.355 e. The van der Waals surface area contributed by atoms with Crippen LogP contribution < -0.4 is 16.0 Å². The van der Waals surface area contributed by atoms with Crippen LogP contribution >= 0.6 is 0 Å². The molecule has 5 nitrogen and oxygen atoms in total. The molecule has 0 aromatic heterocycles. The number of anilines is 1. The summed E-state index contributed by atoms with van der Waals surface area (Å²) in [5.41, 5.74) is 1.21. The van der Waals surface area contributed by atoms with E-state index >= 15 is 0 Å². The van der Waals surface area contributed by atoms with E-state index in [4.69, 9.17) is 0 Å². The smallest absolute Gasteiger partial charge is 0.319 e. The zero-order valence-corrected chi connectivity index (χ0v) is 11.8. The van der Waals surface area contributed by atoms with Crippen molar-refractivity contribution in [3.8, 4) is 0 Å². The summed E-state index contributed by atoms with van der Waals surface area (Å²) < 4.78 is 0. The molecule has 0 aliphatic heterocycles. The zero-order chi connectivity index (χ0) is 14.4. The van der Waals surface area contributed by atoms with E-state index in [1.165, 1.54) is 0 Å². The van der Waals surface area contributed by atoms with Crippen LogP contribution in [-0.4, -0.2) is 25.0 Å². The monoisotopic (exact) mass is 263 g/mol. The lowest BCUT2D eigenvalue weighted by atomic mass is 10.1. The summed E-state index contributed by atoms with van der Waals surface area (Å²) in [4.78, 5) is 23.1. The fourth-order valence-corrected chi connectivity index (χ4v) is 1.39. The quantitative estimate of drug-likeness (QED) is 0.779. The van der Waals surface area contributed by atoms with E-state index < -0.39 is 0 Å². The SMILES string of the molecule is CNC(=O)c1ccc(NC(=O)NC(C)C(C)C)cc1. The van der Waals surface area contributed by atoms with Crippen molar-refractivity contribution in [2.45, 2.75) is 26.8 Å². The Morgan fingerprint density at radius 2 is 1.63 bits per heavy atom. The molecule has 0 spiro atoms. The Kier molecular flexibility index (Phi) is 5.36. The Morgan fingerprint density at radius 1 is 1.05 bits per heavy atom. The summed E-state index contributed by atoms with van der Waals surface area (Å²) in [6, 6.07) is 6.59. The second kappa shape index (κ2) is 6.78. The summed E-state index contributed by atoms with van der Waals surface area (Å²) in [6.07, 6.45) is 0. The molecule has 0 bridgehead atoms. The average Bonchev–Trinajstić information content (AvgIpc) is 2.38. The van der Waals surface area contributed by atoms with Crippen molar-refractivity contribution >= 4 is 17.6 Å². The van der Waals surface area contributed by atoms with Gasteiger partial charge in [0, 0.05) is 24.3 Å². The molecule has 1 aromatic carbocycles. The van der Waals surface area contributed by atoms with Gasteiger partial charge < -0.3 is 16.0 Å². The first-order chi connectivity index (χ1) is 8.93. The third-order valence-electron chi connectivity index (χ3n) is 2.99. The van der Waals surface area contributed by atoms with Crippen molar-refractivity contribution in [2.75, 3.05) is 12.4 Å². The van der Waals surface area contributed by atoms with Gasteiger partial charge in [0.05, 0.1) is 0 Å². The van der Waals surface area contributed by atoms with E-state index in [-0.39, 0.29) is 18.0 Å². The number of nitrogens with one attached hydrogen (secondary N) is 3. The fraction of sp³-hybridized carbons (Fsp3) is 0.429. The molecule has 19 heavy (non-hydrogen) atoms. The highest BCUT2D eigenvalue weighted by atomic mass is 16.2. The minimum atomic E-state index is -0.242. The molecule has 0 radical (unpaired) electrons. The van der Waals surface area contributed by atoms with Crippen molar-refractivity contribution in [3.05, 3.63) is 29.8 Å². The van der Waals surface area contributed by atoms with E-state index in [0.29, 0.717) is 17.2 Å². The van der Waals surface area contributed by atoms with E-state index in [1.807, 2.05) is 20.8 Å². The molecule has 1 atom stereocenters. The Morgan fingerprint density at radius 3 is 2.11 bits per heavy atom. The van der Waals surface area contributed by atoms with Crippen LogP contribution in [0, 0.1) is 5.92 Å². The molecule has 0 saturated heterocycles. The molecule has 0 fully saturated rings. The molecule has 1 aromatic rings. The second-order valence-electron chi connectivity index (χ2n) is 4.79. The lowest BCUT2D eigenvalue weighted by Crippen LogP contribution is -2.39. The number of carbonyl (C=O) groups excluding carboxylic acids is 2. The lowest BCUT2D eigenvalue weighted by molar-refractivity contribution is 0.0963. The van der Waals surface area contributed by atoms with Gasteiger partial charge >= 0.3 is 6.03 Å². The summed E-state index contributed by atoms with van der Waals surface area (Å²) in [5.74, 6) is 0.228. The maximum absolute atomic E-state index is 11.7. The second-order valence-corrected chi connectivity index (χ2v) is 4.79. The van der Waals surface area contributed by atoms with Crippen molar-refractivity contribution in [1.29, 1.82) is 0 Å². The van der Waals surface area contributed by atoms with Crippen LogP contribution in [0.1, 0.15) is 31.1 Å². The first-order valence-corrected chi connectivity index (χ1v) is 6.33. The van der Waals surface area contributed by atoms with Gasteiger partial charge in [0.1, 0.15) is 0 Å². The maximum Gasteiger partial charge on any atom is 0.319 e. The number of benzene rings is 1. The van der Waals surface area contributed by atoms with Crippen LogP contribution in [0.25, 0.3) is 0 Å².